The molecule has 1 aliphatic heterocycles. The van der Waals surface area contributed by atoms with E-state index in [1.54, 1.807) is 12.0 Å². The lowest BCUT2D eigenvalue weighted by Gasteiger charge is -2.35. The number of hydrogen-bond donors (Lipinski definition) is 0. The molecular formula is C24H31IN2O4. The van der Waals surface area contributed by atoms with Gasteiger partial charge in [0.25, 0.3) is 0 Å². The van der Waals surface area contributed by atoms with Gasteiger partial charge in [-0.1, -0.05) is 30.3 Å². The van der Waals surface area contributed by atoms with Gasteiger partial charge >= 0.3 is 6.09 Å². The van der Waals surface area contributed by atoms with E-state index in [1.165, 1.54) is 5.56 Å². The minimum atomic E-state index is -0.466. The standard InChI is InChI=1S/C24H31IN2O4/c1-24(2,3)31-23(28)27-12-10-26(11-13-27)16-19-14-20(25)22(21(15-19)29-4)30-17-18-8-6-5-7-9-18/h5-9,14-15H,10-13,16-17H2,1-4H3. The number of benzene rings is 2. The van der Waals surface area contributed by atoms with E-state index in [0.29, 0.717) is 19.7 Å². The van der Waals surface area contributed by atoms with Gasteiger partial charge in [0.15, 0.2) is 11.5 Å². The molecule has 1 amide bonds. The van der Waals surface area contributed by atoms with Crippen molar-refractivity contribution in [3.63, 3.8) is 0 Å². The molecule has 0 aromatic heterocycles. The van der Waals surface area contributed by atoms with Gasteiger partial charge in [-0.3, -0.25) is 4.90 Å². The van der Waals surface area contributed by atoms with Crippen molar-refractivity contribution in [1.82, 2.24) is 9.80 Å². The summed E-state index contributed by atoms with van der Waals surface area (Å²) in [5.74, 6) is 1.51. The van der Waals surface area contributed by atoms with Crippen molar-refractivity contribution in [2.45, 2.75) is 39.5 Å². The van der Waals surface area contributed by atoms with E-state index in [2.05, 4.69) is 33.6 Å². The number of piperazine rings is 1. The molecule has 0 N–H and O–H groups in total. The number of carbonyl (C=O) groups is 1. The molecule has 1 saturated heterocycles. The summed E-state index contributed by atoms with van der Waals surface area (Å²) in [5, 5.41) is 0. The molecule has 1 fully saturated rings. The number of halogens is 1. The van der Waals surface area contributed by atoms with Crippen LogP contribution in [-0.2, 0) is 17.9 Å². The summed E-state index contributed by atoms with van der Waals surface area (Å²) < 4.78 is 18.2. The molecule has 0 atom stereocenters. The van der Waals surface area contributed by atoms with Crippen molar-refractivity contribution < 1.29 is 19.0 Å². The number of methoxy groups -OCH3 is 1. The molecule has 2 aromatic carbocycles. The maximum Gasteiger partial charge on any atom is 0.410 e. The fourth-order valence-corrected chi connectivity index (χ4v) is 4.23. The van der Waals surface area contributed by atoms with Crippen molar-refractivity contribution in [2.75, 3.05) is 33.3 Å². The molecule has 1 heterocycles. The third-order valence-electron chi connectivity index (χ3n) is 4.95. The molecule has 168 valence electrons. The Labute approximate surface area is 198 Å². The predicted molar refractivity (Wildman–Crippen MR) is 130 cm³/mol. The number of amides is 1. The average Bonchev–Trinajstić information content (AvgIpc) is 2.72. The van der Waals surface area contributed by atoms with Crippen LogP contribution in [0.4, 0.5) is 4.79 Å². The molecule has 0 unspecified atom stereocenters. The Kier molecular flexibility index (Phi) is 8.05. The molecule has 0 bridgehead atoms. The first-order valence-corrected chi connectivity index (χ1v) is 11.6. The maximum absolute atomic E-state index is 12.3. The zero-order chi connectivity index (χ0) is 22.4. The fraction of sp³-hybridized carbons (Fsp3) is 0.458. The van der Waals surface area contributed by atoms with Crippen molar-refractivity contribution in [2.24, 2.45) is 0 Å². The quantitative estimate of drug-likeness (QED) is 0.489. The topological polar surface area (TPSA) is 51.2 Å². The Bertz CT molecular complexity index is 875. The molecule has 31 heavy (non-hydrogen) atoms. The number of rotatable bonds is 6. The predicted octanol–water partition coefficient (Wildman–Crippen LogP) is 4.93. The molecule has 1 aliphatic rings. The van der Waals surface area contributed by atoms with Crippen molar-refractivity contribution in [3.8, 4) is 11.5 Å². The Morgan fingerprint density at radius 1 is 1.03 bits per heavy atom. The Morgan fingerprint density at radius 2 is 1.71 bits per heavy atom. The summed E-state index contributed by atoms with van der Waals surface area (Å²) >= 11 is 2.30. The van der Waals surface area contributed by atoms with Crippen LogP contribution >= 0.6 is 22.6 Å². The monoisotopic (exact) mass is 538 g/mol. The highest BCUT2D eigenvalue weighted by atomic mass is 127. The molecule has 0 saturated carbocycles. The zero-order valence-electron chi connectivity index (χ0n) is 18.7. The molecule has 0 aliphatic carbocycles. The first-order valence-electron chi connectivity index (χ1n) is 10.5. The second-order valence-corrected chi connectivity index (χ2v) is 9.79. The van der Waals surface area contributed by atoms with E-state index in [-0.39, 0.29) is 6.09 Å². The van der Waals surface area contributed by atoms with Gasteiger partial charge in [0.05, 0.1) is 10.7 Å². The normalized spacial score (nSPS) is 14.9. The van der Waals surface area contributed by atoms with Gasteiger partial charge in [-0.25, -0.2) is 4.79 Å². The zero-order valence-corrected chi connectivity index (χ0v) is 20.8. The van der Waals surface area contributed by atoms with Crippen LogP contribution in [0.5, 0.6) is 11.5 Å². The summed E-state index contributed by atoms with van der Waals surface area (Å²) in [6.07, 6.45) is -0.233. The Balaban J connectivity index is 1.59. The number of hydrogen-bond acceptors (Lipinski definition) is 5. The second-order valence-electron chi connectivity index (χ2n) is 8.63. The number of carbonyl (C=O) groups excluding carboxylic acids is 1. The van der Waals surface area contributed by atoms with Gasteiger partial charge in [-0.05, 0) is 66.6 Å². The first-order chi connectivity index (χ1) is 14.7. The van der Waals surface area contributed by atoms with Crippen LogP contribution in [0.3, 0.4) is 0 Å². The summed E-state index contributed by atoms with van der Waals surface area (Å²) in [6.45, 7) is 9.93. The first kappa shape index (κ1) is 23.7. The minimum Gasteiger partial charge on any atom is -0.493 e. The van der Waals surface area contributed by atoms with Crippen LogP contribution in [0.1, 0.15) is 31.9 Å². The number of nitrogens with zero attached hydrogens (tertiary/aromatic N) is 2. The van der Waals surface area contributed by atoms with E-state index >= 15 is 0 Å². The summed E-state index contributed by atoms with van der Waals surface area (Å²) in [7, 11) is 1.67. The van der Waals surface area contributed by atoms with Crippen LogP contribution in [-0.4, -0.2) is 54.8 Å². The average molecular weight is 538 g/mol. The molecular weight excluding hydrogens is 507 g/mol. The fourth-order valence-electron chi connectivity index (χ4n) is 3.41. The van der Waals surface area contributed by atoms with E-state index in [4.69, 9.17) is 14.2 Å². The van der Waals surface area contributed by atoms with Crippen LogP contribution < -0.4 is 9.47 Å². The van der Waals surface area contributed by atoms with Crippen LogP contribution in [0.25, 0.3) is 0 Å². The molecule has 0 radical (unpaired) electrons. The molecule has 7 heteroatoms. The van der Waals surface area contributed by atoms with E-state index < -0.39 is 5.60 Å². The second kappa shape index (κ2) is 10.5. The molecule has 0 spiro atoms. The van der Waals surface area contributed by atoms with Crippen molar-refractivity contribution in [3.05, 3.63) is 57.2 Å². The van der Waals surface area contributed by atoms with E-state index in [9.17, 15) is 4.79 Å². The third-order valence-corrected chi connectivity index (χ3v) is 5.75. The van der Waals surface area contributed by atoms with E-state index in [1.807, 2.05) is 57.2 Å². The summed E-state index contributed by atoms with van der Waals surface area (Å²) in [5.41, 5.74) is 1.82. The maximum atomic E-state index is 12.3. The van der Waals surface area contributed by atoms with Gasteiger partial charge in [-0.2, -0.15) is 0 Å². The largest absolute Gasteiger partial charge is 0.493 e. The third kappa shape index (κ3) is 7.00. The van der Waals surface area contributed by atoms with Crippen LogP contribution in [0, 0.1) is 3.57 Å². The molecule has 3 rings (SSSR count). The minimum absolute atomic E-state index is 0.233. The van der Waals surface area contributed by atoms with Crippen molar-refractivity contribution >= 4 is 28.7 Å². The lowest BCUT2D eigenvalue weighted by molar-refractivity contribution is 0.0139. The highest BCUT2D eigenvalue weighted by Crippen LogP contribution is 2.35. The van der Waals surface area contributed by atoms with E-state index in [0.717, 1.165) is 40.3 Å². The van der Waals surface area contributed by atoms with Gasteiger partial charge in [0, 0.05) is 32.7 Å². The summed E-state index contributed by atoms with van der Waals surface area (Å²) in [6, 6.07) is 14.3. The van der Waals surface area contributed by atoms with Crippen molar-refractivity contribution in [1.29, 1.82) is 0 Å². The number of ether oxygens (including phenoxy) is 3. The molecule has 6 nitrogen and oxygen atoms in total. The molecule has 2 aromatic rings. The van der Waals surface area contributed by atoms with Gasteiger partial charge in [-0.15, -0.1) is 0 Å². The Morgan fingerprint density at radius 3 is 2.32 bits per heavy atom. The smallest absolute Gasteiger partial charge is 0.410 e. The lowest BCUT2D eigenvalue weighted by Crippen LogP contribution is -2.49. The Hall–Kier alpha value is -2.00. The van der Waals surface area contributed by atoms with Gasteiger partial charge in [0.1, 0.15) is 12.2 Å². The highest BCUT2D eigenvalue weighted by Gasteiger charge is 2.26. The lowest BCUT2D eigenvalue weighted by atomic mass is 10.1. The van der Waals surface area contributed by atoms with Gasteiger partial charge < -0.3 is 19.1 Å². The SMILES string of the molecule is COc1cc(CN2CCN(C(=O)OC(C)(C)C)CC2)cc(I)c1OCc1ccccc1. The summed E-state index contributed by atoms with van der Waals surface area (Å²) in [4.78, 5) is 16.4. The van der Waals surface area contributed by atoms with Gasteiger partial charge in [0.2, 0.25) is 0 Å². The van der Waals surface area contributed by atoms with Crippen LogP contribution in [0.2, 0.25) is 0 Å². The highest BCUT2D eigenvalue weighted by molar-refractivity contribution is 14.1. The van der Waals surface area contributed by atoms with Crippen LogP contribution in [0.15, 0.2) is 42.5 Å².